The van der Waals surface area contributed by atoms with Crippen LogP contribution in [-0.4, -0.2) is 41.0 Å². The molecule has 0 radical (unpaired) electrons. The van der Waals surface area contributed by atoms with Crippen LogP contribution >= 0.6 is 24.2 Å². The Morgan fingerprint density at radius 2 is 1.62 bits per heavy atom. The number of halogens is 1. The van der Waals surface area contributed by atoms with Crippen molar-refractivity contribution in [1.29, 1.82) is 0 Å². The summed E-state index contributed by atoms with van der Waals surface area (Å²) >= 11 is 1.76. The summed E-state index contributed by atoms with van der Waals surface area (Å²) in [6.45, 7) is 1.63. The van der Waals surface area contributed by atoms with Crippen LogP contribution in [0.2, 0.25) is 0 Å². The first-order valence-corrected chi connectivity index (χ1v) is 12.2. The van der Waals surface area contributed by atoms with Crippen LogP contribution < -0.4 is 9.64 Å². The lowest BCUT2D eigenvalue weighted by Gasteiger charge is -2.33. The highest BCUT2D eigenvalue weighted by Crippen LogP contribution is 2.32. The number of para-hydroxylation sites is 1. The number of carbonyl (C=O) groups excluding carboxylic acids is 1. The molecule has 1 saturated heterocycles. The van der Waals surface area contributed by atoms with Crippen LogP contribution in [0.5, 0.6) is 11.5 Å². The van der Waals surface area contributed by atoms with Crippen molar-refractivity contribution in [3.8, 4) is 11.5 Å². The van der Waals surface area contributed by atoms with Gasteiger partial charge >= 0.3 is 0 Å². The lowest BCUT2D eigenvalue weighted by molar-refractivity contribution is -0.117. The Balaban J connectivity index is 0.00000289. The number of anilines is 1. The molecule has 2 aromatic rings. The highest BCUT2D eigenvalue weighted by molar-refractivity contribution is 8.14. The third-order valence-electron chi connectivity index (χ3n) is 5.96. The van der Waals surface area contributed by atoms with Crippen molar-refractivity contribution in [3.63, 3.8) is 0 Å². The highest BCUT2D eigenvalue weighted by Gasteiger charge is 2.34. The Morgan fingerprint density at radius 1 is 1.00 bits per heavy atom. The average Bonchev–Trinajstić information content (AvgIpc) is 2.96. The number of amidine groups is 1. The topological polar surface area (TPSA) is 45.1 Å². The maximum absolute atomic E-state index is 12.6. The first-order chi connectivity index (χ1) is 15.1. The number of hydrogen-bond donors (Lipinski definition) is 0. The average molecular weight is 474 g/mol. The number of thioether (sulfide) groups is 1. The van der Waals surface area contributed by atoms with E-state index in [1.165, 1.54) is 38.5 Å². The molecular weight excluding hydrogens is 442 g/mol. The van der Waals surface area contributed by atoms with Gasteiger partial charge in [0.1, 0.15) is 17.7 Å². The predicted molar refractivity (Wildman–Crippen MR) is 136 cm³/mol. The molecule has 7 heteroatoms. The molecule has 1 aliphatic heterocycles. The van der Waals surface area contributed by atoms with Gasteiger partial charge in [0.05, 0.1) is 6.04 Å². The molecule has 1 aliphatic carbocycles. The molecule has 2 aliphatic rings. The largest absolute Gasteiger partial charge is 0.457 e. The number of rotatable bonds is 5. The van der Waals surface area contributed by atoms with Gasteiger partial charge in [-0.15, -0.1) is 12.4 Å². The number of carbonyl (C=O) groups is 1. The van der Waals surface area contributed by atoms with Crippen molar-refractivity contribution in [2.45, 2.75) is 57.7 Å². The maximum Gasteiger partial charge on any atom is 0.225 e. The smallest absolute Gasteiger partial charge is 0.225 e. The Labute approximate surface area is 201 Å². The van der Waals surface area contributed by atoms with E-state index in [9.17, 15) is 4.79 Å². The van der Waals surface area contributed by atoms with Gasteiger partial charge in [-0.25, -0.2) is 0 Å². The van der Waals surface area contributed by atoms with Crippen molar-refractivity contribution in [1.82, 2.24) is 4.90 Å². The molecule has 0 spiro atoms. The number of nitrogens with zero attached hydrogens (tertiary/aromatic N) is 3. The van der Waals surface area contributed by atoms with Crippen LogP contribution in [0.4, 0.5) is 5.69 Å². The summed E-state index contributed by atoms with van der Waals surface area (Å²) in [6, 6.07) is 17.9. The van der Waals surface area contributed by atoms with E-state index >= 15 is 0 Å². The van der Waals surface area contributed by atoms with E-state index in [1.54, 1.807) is 18.7 Å². The van der Waals surface area contributed by atoms with E-state index in [1.807, 2.05) is 59.5 Å². The van der Waals surface area contributed by atoms with Gasteiger partial charge in [-0.3, -0.25) is 14.7 Å². The van der Waals surface area contributed by atoms with Crippen molar-refractivity contribution >= 4 is 40.9 Å². The van der Waals surface area contributed by atoms with Crippen molar-refractivity contribution in [3.05, 3.63) is 54.6 Å². The zero-order chi connectivity index (χ0) is 21.6. The van der Waals surface area contributed by atoms with E-state index in [0.717, 1.165) is 28.1 Å². The lowest BCUT2D eigenvalue weighted by atomic mass is 10.1. The number of benzene rings is 2. The number of aliphatic imine (C=N–C) groups is 1. The standard InChI is InChI=1S/C25H31N3O2S.ClH/c1-19(29)28(21-14-16-23(17-15-21)30-22-12-8-5-9-13-22)24-18-31-25(27(24)2)26-20-10-6-3-4-7-11-20;/h5,8-9,12-17,20,24H,3-4,6-7,10-11,18H2,1-2H3;1H. The Morgan fingerprint density at radius 3 is 2.25 bits per heavy atom. The maximum atomic E-state index is 12.6. The minimum Gasteiger partial charge on any atom is -0.457 e. The van der Waals surface area contributed by atoms with Crippen molar-refractivity contribution in [2.24, 2.45) is 4.99 Å². The Hall–Kier alpha value is -2.18. The van der Waals surface area contributed by atoms with Gasteiger partial charge in [-0.1, -0.05) is 55.6 Å². The molecule has 172 valence electrons. The molecule has 32 heavy (non-hydrogen) atoms. The van der Waals surface area contributed by atoms with E-state index in [4.69, 9.17) is 9.73 Å². The number of ether oxygens (including phenoxy) is 1. The Kier molecular flexibility index (Phi) is 8.88. The van der Waals surface area contributed by atoms with Crippen molar-refractivity contribution in [2.75, 3.05) is 17.7 Å². The minimum atomic E-state index is -0.0343. The molecule has 5 nitrogen and oxygen atoms in total. The predicted octanol–water partition coefficient (Wildman–Crippen LogP) is 6.34. The monoisotopic (exact) mass is 473 g/mol. The van der Waals surface area contributed by atoms with Crippen LogP contribution in [0.3, 0.4) is 0 Å². The van der Waals surface area contributed by atoms with Crippen LogP contribution in [0, 0.1) is 0 Å². The summed E-state index contributed by atoms with van der Waals surface area (Å²) in [7, 11) is 2.06. The fourth-order valence-corrected chi connectivity index (χ4v) is 5.49. The van der Waals surface area contributed by atoms with Crippen LogP contribution in [0.25, 0.3) is 0 Å². The third kappa shape index (κ3) is 5.99. The van der Waals surface area contributed by atoms with Gasteiger partial charge in [0.2, 0.25) is 5.91 Å². The van der Waals surface area contributed by atoms with Crippen LogP contribution in [0.15, 0.2) is 59.6 Å². The molecule has 0 bridgehead atoms. The number of hydrogen-bond acceptors (Lipinski definition) is 4. The molecule has 1 atom stereocenters. The molecule has 0 N–H and O–H groups in total. The van der Waals surface area contributed by atoms with Gasteiger partial charge in [0, 0.05) is 25.4 Å². The molecular formula is C25H32ClN3O2S. The molecule has 1 unspecified atom stereocenters. The fraction of sp³-hybridized carbons (Fsp3) is 0.440. The van der Waals surface area contributed by atoms with E-state index < -0.39 is 0 Å². The SMILES string of the molecule is CC(=O)N(c1ccc(Oc2ccccc2)cc1)C1CSC(=NC2CCCCCC2)N1C.Cl. The zero-order valence-corrected chi connectivity index (χ0v) is 20.4. The molecule has 0 aromatic heterocycles. The summed E-state index contributed by atoms with van der Waals surface area (Å²) in [5, 5.41) is 1.06. The summed E-state index contributed by atoms with van der Waals surface area (Å²) in [6.07, 6.45) is 7.54. The highest BCUT2D eigenvalue weighted by atomic mass is 35.5. The normalized spacial score (nSPS) is 20.5. The first kappa shape index (κ1) is 24.5. The summed E-state index contributed by atoms with van der Waals surface area (Å²) < 4.78 is 5.89. The van der Waals surface area contributed by atoms with E-state index in [2.05, 4.69) is 11.9 Å². The molecule has 1 heterocycles. The molecule has 2 aromatic carbocycles. The van der Waals surface area contributed by atoms with Crippen LogP contribution in [-0.2, 0) is 4.79 Å². The fourth-order valence-electron chi connectivity index (χ4n) is 4.27. The van der Waals surface area contributed by atoms with Gasteiger partial charge in [-0.2, -0.15) is 0 Å². The van der Waals surface area contributed by atoms with Gasteiger partial charge < -0.3 is 9.64 Å². The Bertz CT molecular complexity index is 899. The second kappa shape index (κ2) is 11.6. The first-order valence-electron chi connectivity index (χ1n) is 11.2. The quantitative estimate of drug-likeness (QED) is 0.475. The molecule has 1 amide bonds. The van der Waals surface area contributed by atoms with Gasteiger partial charge in [0.15, 0.2) is 5.17 Å². The second-order valence-corrected chi connectivity index (χ2v) is 9.24. The summed E-state index contributed by atoms with van der Waals surface area (Å²) in [5.41, 5.74) is 0.876. The van der Waals surface area contributed by atoms with Crippen LogP contribution in [0.1, 0.15) is 45.4 Å². The number of amides is 1. The zero-order valence-electron chi connectivity index (χ0n) is 18.8. The summed E-state index contributed by atoms with van der Waals surface area (Å²) in [4.78, 5) is 21.7. The summed E-state index contributed by atoms with van der Waals surface area (Å²) in [5.74, 6) is 2.40. The second-order valence-electron chi connectivity index (χ2n) is 8.26. The van der Waals surface area contributed by atoms with E-state index in [0.29, 0.717) is 6.04 Å². The van der Waals surface area contributed by atoms with Gasteiger partial charge in [-0.05, 0) is 49.2 Å². The molecule has 1 saturated carbocycles. The van der Waals surface area contributed by atoms with Gasteiger partial charge in [0.25, 0.3) is 0 Å². The molecule has 2 fully saturated rings. The minimum absolute atomic E-state index is 0. The lowest BCUT2D eigenvalue weighted by Crippen LogP contribution is -2.48. The third-order valence-corrected chi connectivity index (χ3v) is 7.08. The van der Waals surface area contributed by atoms with E-state index in [-0.39, 0.29) is 24.5 Å². The van der Waals surface area contributed by atoms with Crippen molar-refractivity contribution < 1.29 is 9.53 Å². The molecule has 4 rings (SSSR count).